The van der Waals surface area contributed by atoms with Gasteiger partial charge in [0.1, 0.15) is 16.7 Å². The van der Waals surface area contributed by atoms with Crippen LogP contribution in [0.5, 0.6) is 0 Å². The molecule has 0 aromatic carbocycles. The molecule has 6 heteroatoms. The first-order valence-corrected chi connectivity index (χ1v) is 7.68. The van der Waals surface area contributed by atoms with E-state index in [1.807, 2.05) is 13.0 Å². The van der Waals surface area contributed by atoms with Crippen LogP contribution >= 0.6 is 23.1 Å². The minimum absolute atomic E-state index is 0.107. The standard InChI is InChI=1S/C13H18N4S2/c1-8-10(17-14)15-12(13(2,3)4)16-11(8)19-9-6-5-7-18-9/h5-7H,14H2,1-4H3,(H,15,16,17). The molecule has 0 spiro atoms. The number of nitrogens with two attached hydrogens (primary N) is 1. The van der Waals surface area contributed by atoms with Crippen molar-refractivity contribution in [3.8, 4) is 0 Å². The molecule has 0 unspecified atom stereocenters. The molecule has 0 atom stereocenters. The number of nitrogen functional groups attached to an aromatic ring is 1. The van der Waals surface area contributed by atoms with Crippen LogP contribution in [-0.2, 0) is 5.41 Å². The molecule has 0 bridgehead atoms. The van der Waals surface area contributed by atoms with Gasteiger partial charge in [0.25, 0.3) is 0 Å². The molecule has 3 N–H and O–H groups in total. The average molecular weight is 294 g/mol. The third-order valence-corrected chi connectivity index (χ3v) is 4.73. The van der Waals surface area contributed by atoms with Gasteiger partial charge in [0, 0.05) is 11.0 Å². The van der Waals surface area contributed by atoms with Gasteiger partial charge in [-0.15, -0.1) is 11.3 Å². The summed E-state index contributed by atoms with van der Waals surface area (Å²) < 4.78 is 1.21. The largest absolute Gasteiger partial charge is 0.308 e. The van der Waals surface area contributed by atoms with E-state index in [-0.39, 0.29) is 5.41 Å². The molecule has 0 saturated carbocycles. The summed E-state index contributed by atoms with van der Waals surface area (Å²) in [5.74, 6) is 7.05. The number of hydrogen-bond donors (Lipinski definition) is 2. The molecular weight excluding hydrogens is 276 g/mol. The van der Waals surface area contributed by atoms with Crippen LogP contribution in [0.25, 0.3) is 0 Å². The summed E-state index contributed by atoms with van der Waals surface area (Å²) in [5.41, 5.74) is 3.54. The van der Waals surface area contributed by atoms with Gasteiger partial charge in [0.2, 0.25) is 0 Å². The number of anilines is 1. The van der Waals surface area contributed by atoms with Crippen molar-refractivity contribution in [1.82, 2.24) is 9.97 Å². The first kappa shape index (κ1) is 14.3. The van der Waals surface area contributed by atoms with E-state index in [9.17, 15) is 0 Å². The first-order valence-electron chi connectivity index (χ1n) is 5.99. The quantitative estimate of drug-likeness (QED) is 0.514. The number of hydrazine groups is 1. The second-order valence-corrected chi connectivity index (χ2v) is 7.49. The van der Waals surface area contributed by atoms with Gasteiger partial charge in [-0.2, -0.15) is 0 Å². The zero-order valence-electron chi connectivity index (χ0n) is 11.5. The van der Waals surface area contributed by atoms with E-state index in [4.69, 9.17) is 5.84 Å². The lowest BCUT2D eigenvalue weighted by Gasteiger charge is -2.19. The third-order valence-electron chi connectivity index (χ3n) is 2.60. The van der Waals surface area contributed by atoms with Crippen LogP contribution in [0, 0.1) is 6.92 Å². The predicted octanol–water partition coefficient (Wildman–Crippen LogP) is 3.58. The van der Waals surface area contributed by atoms with Crippen LogP contribution in [0.1, 0.15) is 32.2 Å². The van der Waals surface area contributed by atoms with Crippen molar-refractivity contribution in [2.45, 2.75) is 42.3 Å². The van der Waals surface area contributed by atoms with E-state index in [1.165, 1.54) is 4.21 Å². The van der Waals surface area contributed by atoms with Crippen molar-refractivity contribution in [3.63, 3.8) is 0 Å². The van der Waals surface area contributed by atoms with E-state index >= 15 is 0 Å². The fourth-order valence-corrected chi connectivity index (χ4v) is 3.25. The van der Waals surface area contributed by atoms with E-state index in [0.717, 1.165) is 16.4 Å². The van der Waals surface area contributed by atoms with Crippen molar-refractivity contribution >= 4 is 28.9 Å². The zero-order valence-corrected chi connectivity index (χ0v) is 13.2. The maximum Gasteiger partial charge on any atom is 0.147 e. The number of hydrogen-bond acceptors (Lipinski definition) is 6. The second-order valence-electron chi connectivity index (χ2n) is 5.25. The molecule has 0 aliphatic heterocycles. The highest BCUT2D eigenvalue weighted by atomic mass is 32.2. The van der Waals surface area contributed by atoms with E-state index < -0.39 is 0 Å². The van der Waals surface area contributed by atoms with Gasteiger partial charge in [0.15, 0.2) is 0 Å². The normalized spacial score (nSPS) is 11.6. The molecule has 0 aliphatic rings. The van der Waals surface area contributed by atoms with Crippen molar-refractivity contribution < 1.29 is 0 Å². The average Bonchev–Trinajstić information content (AvgIpc) is 2.83. The van der Waals surface area contributed by atoms with Crippen LogP contribution in [0.3, 0.4) is 0 Å². The minimum atomic E-state index is -0.107. The van der Waals surface area contributed by atoms with Gasteiger partial charge in [-0.25, -0.2) is 15.8 Å². The molecule has 4 nitrogen and oxygen atoms in total. The number of thiophene rings is 1. The highest BCUT2D eigenvalue weighted by Gasteiger charge is 2.21. The summed E-state index contributed by atoms with van der Waals surface area (Å²) in [6, 6.07) is 4.12. The number of nitrogens with one attached hydrogen (secondary N) is 1. The monoisotopic (exact) mass is 294 g/mol. The van der Waals surface area contributed by atoms with Crippen LogP contribution in [0.15, 0.2) is 26.7 Å². The maximum absolute atomic E-state index is 5.56. The van der Waals surface area contributed by atoms with E-state index in [0.29, 0.717) is 5.82 Å². The Morgan fingerprint density at radius 1 is 1.32 bits per heavy atom. The van der Waals surface area contributed by atoms with Gasteiger partial charge in [-0.05, 0) is 18.4 Å². The van der Waals surface area contributed by atoms with Gasteiger partial charge >= 0.3 is 0 Å². The van der Waals surface area contributed by atoms with Crippen molar-refractivity contribution in [2.75, 3.05) is 5.43 Å². The van der Waals surface area contributed by atoms with Gasteiger partial charge in [-0.1, -0.05) is 38.6 Å². The molecule has 0 radical (unpaired) electrons. The van der Waals surface area contributed by atoms with Gasteiger partial charge in [-0.3, -0.25) is 0 Å². The van der Waals surface area contributed by atoms with Crippen LogP contribution in [0.4, 0.5) is 5.82 Å². The summed E-state index contributed by atoms with van der Waals surface area (Å²) >= 11 is 3.36. The predicted molar refractivity (Wildman–Crippen MR) is 81.7 cm³/mol. The Morgan fingerprint density at radius 2 is 2.05 bits per heavy atom. The minimum Gasteiger partial charge on any atom is -0.308 e. The number of aromatic nitrogens is 2. The molecule has 2 aromatic rings. The topological polar surface area (TPSA) is 63.8 Å². The Morgan fingerprint density at radius 3 is 2.58 bits per heavy atom. The maximum atomic E-state index is 5.56. The molecule has 0 amide bonds. The highest BCUT2D eigenvalue weighted by Crippen LogP contribution is 2.35. The summed E-state index contributed by atoms with van der Waals surface area (Å²) in [4.78, 5) is 9.18. The Labute approximate surface area is 121 Å². The molecular formula is C13H18N4S2. The fourth-order valence-electron chi connectivity index (χ4n) is 1.49. The van der Waals surface area contributed by atoms with Gasteiger partial charge in [0.05, 0.1) is 4.21 Å². The Balaban J connectivity index is 2.46. The molecule has 2 heterocycles. The Kier molecular flexibility index (Phi) is 4.13. The lowest BCUT2D eigenvalue weighted by atomic mass is 9.95. The molecule has 2 aromatic heterocycles. The number of nitrogens with zero attached hydrogens (tertiary/aromatic N) is 2. The second kappa shape index (κ2) is 5.48. The van der Waals surface area contributed by atoms with E-state index in [2.05, 4.69) is 47.6 Å². The molecule has 102 valence electrons. The van der Waals surface area contributed by atoms with Crippen LogP contribution in [0.2, 0.25) is 0 Å². The smallest absolute Gasteiger partial charge is 0.147 e. The summed E-state index contributed by atoms with van der Waals surface area (Å²) in [5, 5.41) is 3.02. The SMILES string of the molecule is Cc1c(NN)nc(C(C)(C)C)nc1Sc1cccs1. The summed E-state index contributed by atoms with van der Waals surface area (Å²) in [6.45, 7) is 8.27. The van der Waals surface area contributed by atoms with Crippen molar-refractivity contribution in [3.05, 3.63) is 28.9 Å². The molecule has 2 rings (SSSR count). The van der Waals surface area contributed by atoms with Crippen LogP contribution < -0.4 is 11.3 Å². The zero-order chi connectivity index (χ0) is 14.0. The summed E-state index contributed by atoms with van der Waals surface area (Å²) in [7, 11) is 0. The van der Waals surface area contributed by atoms with Crippen molar-refractivity contribution in [2.24, 2.45) is 5.84 Å². The van der Waals surface area contributed by atoms with Crippen LogP contribution in [-0.4, -0.2) is 9.97 Å². The van der Waals surface area contributed by atoms with Crippen molar-refractivity contribution in [1.29, 1.82) is 0 Å². The first-order chi connectivity index (χ1) is 8.91. The van der Waals surface area contributed by atoms with E-state index in [1.54, 1.807) is 23.1 Å². The Bertz CT molecular complexity index is 559. The summed E-state index contributed by atoms with van der Waals surface area (Å²) in [6.07, 6.45) is 0. The molecule has 0 fully saturated rings. The lowest BCUT2D eigenvalue weighted by molar-refractivity contribution is 0.538. The third kappa shape index (κ3) is 3.26. The number of rotatable bonds is 3. The molecule has 0 aliphatic carbocycles. The van der Waals surface area contributed by atoms with Gasteiger partial charge < -0.3 is 5.43 Å². The molecule has 19 heavy (non-hydrogen) atoms. The lowest BCUT2D eigenvalue weighted by Crippen LogP contribution is -2.20. The Hall–Kier alpha value is -1.11. The highest BCUT2D eigenvalue weighted by molar-refractivity contribution is 8.01. The fraction of sp³-hybridized carbons (Fsp3) is 0.385. The molecule has 0 saturated heterocycles.